The second kappa shape index (κ2) is 11.1. The highest BCUT2D eigenvalue weighted by atomic mass is 35.5. The summed E-state index contributed by atoms with van der Waals surface area (Å²) in [7, 11) is 1.55. The van der Waals surface area contributed by atoms with Crippen LogP contribution in [0.1, 0.15) is 60.2 Å². The molecule has 0 radical (unpaired) electrons. The molecule has 2 aromatic rings. The number of hydrogen-bond donors (Lipinski definition) is 2. The minimum atomic E-state index is -0.736. The summed E-state index contributed by atoms with van der Waals surface area (Å²) in [6.07, 6.45) is 2.44. The van der Waals surface area contributed by atoms with E-state index >= 15 is 0 Å². The van der Waals surface area contributed by atoms with Gasteiger partial charge >= 0.3 is 5.97 Å². The van der Waals surface area contributed by atoms with Crippen LogP contribution in [0.5, 0.6) is 11.5 Å². The standard InChI is InChI=1S/C25H27ClN2O5/c1-15(20-11-17(13-27)5-9-22(20)32-2)33-23-10-8-19(12-21(23)26)24(29)28-14-16-3-6-18(7-4-16)25(30)31/h5,8-12,15-16,18H,3-4,6-7,14H2,1-2H3,(H,28,29)(H,30,31). The summed E-state index contributed by atoms with van der Waals surface area (Å²) >= 11 is 6.39. The van der Waals surface area contributed by atoms with Crippen molar-refractivity contribution in [3.8, 4) is 17.6 Å². The fourth-order valence-electron chi connectivity index (χ4n) is 4.07. The van der Waals surface area contributed by atoms with Crippen molar-refractivity contribution in [1.29, 1.82) is 5.26 Å². The first-order valence-corrected chi connectivity index (χ1v) is 11.3. The Bertz CT molecular complexity index is 1060. The molecule has 7 nitrogen and oxygen atoms in total. The van der Waals surface area contributed by atoms with Crippen LogP contribution in [-0.2, 0) is 4.79 Å². The van der Waals surface area contributed by atoms with Gasteiger partial charge in [-0.2, -0.15) is 5.26 Å². The van der Waals surface area contributed by atoms with Gasteiger partial charge in [0.2, 0.25) is 0 Å². The van der Waals surface area contributed by atoms with Gasteiger partial charge in [0.15, 0.2) is 0 Å². The molecular weight excluding hydrogens is 444 g/mol. The molecule has 1 atom stereocenters. The van der Waals surface area contributed by atoms with E-state index in [4.69, 9.17) is 26.2 Å². The molecule has 33 heavy (non-hydrogen) atoms. The van der Waals surface area contributed by atoms with Crippen molar-refractivity contribution >= 4 is 23.5 Å². The first kappa shape index (κ1) is 24.4. The normalized spacial score (nSPS) is 18.6. The third-order valence-corrected chi connectivity index (χ3v) is 6.34. The Morgan fingerprint density at radius 1 is 1.18 bits per heavy atom. The molecule has 1 amide bonds. The molecule has 0 aromatic heterocycles. The van der Waals surface area contributed by atoms with E-state index in [0.717, 1.165) is 12.8 Å². The van der Waals surface area contributed by atoms with Crippen LogP contribution >= 0.6 is 11.6 Å². The highest BCUT2D eigenvalue weighted by Crippen LogP contribution is 2.34. The summed E-state index contributed by atoms with van der Waals surface area (Å²) in [5.41, 5.74) is 1.63. The van der Waals surface area contributed by atoms with E-state index in [-0.39, 0.29) is 17.7 Å². The summed E-state index contributed by atoms with van der Waals surface area (Å²) in [6, 6.07) is 12.1. The number of nitriles is 1. The van der Waals surface area contributed by atoms with Crippen molar-refractivity contribution in [3.63, 3.8) is 0 Å². The van der Waals surface area contributed by atoms with E-state index in [1.165, 1.54) is 0 Å². The number of amides is 1. The predicted octanol–water partition coefficient (Wildman–Crippen LogP) is 4.98. The molecule has 2 N–H and O–H groups in total. The monoisotopic (exact) mass is 470 g/mol. The Hall–Kier alpha value is -3.24. The third kappa shape index (κ3) is 6.17. The molecule has 0 aliphatic heterocycles. The van der Waals surface area contributed by atoms with E-state index in [2.05, 4.69) is 11.4 Å². The molecule has 1 aliphatic carbocycles. The highest BCUT2D eigenvalue weighted by Gasteiger charge is 2.26. The smallest absolute Gasteiger partial charge is 0.306 e. The molecule has 8 heteroatoms. The molecule has 0 spiro atoms. The fourth-order valence-corrected chi connectivity index (χ4v) is 4.29. The number of carbonyl (C=O) groups excluding carboxylic acids is 1. The lowest BCUT2D eigenvalue weighted by atomic mass is 9.82. The first-order valence-electron chi connectivity index (χ1n) is 10.9. The van der Waals surface area contributed by atoms with E-state index < -0.39 is 12.1 Å². The van der Waals surface area contributed by atoms with Crippen LogP contribution in [0.15, 0.2) is 36.4 Å². The second-order valence-corrected chi connectivity index (χ2v) is 8.65. The second-order valence-electron chi connectivity index (χ2n) is 8.24. The summed E-state index contributed by atoms with van der Waals surface area (Å²) in [6.45, 7) is 2.34. The number of benzene rings is 2. The zero-order valence-electron chi connectivity index (χ0n) is 18.6. The van der Waals surface area contributed by atoms with Crippen LogP contribution in [0.2, 0.25) is 5.02 Å². The maximum atomic E-state index is 12.6. The number of carboxylic acid groups (broad SMARTS) is 1. The number of carbonyl (C=O) groups is 2. The molecular formula is C25H27ClN2O5. The number of aliphatic carboxylic acids is 1. The summed E-state index contributed by atoms with van der Waals surface area (Å²) in [5.74, 6) is 0.0546. The number of ether oxygens (including phenoxy) is 2. The number of rotatable bonds is 8. The van der Waals surface area contributed by atoms with E-state index in [9.17, 15) is 14.9 Å². The van der Waals surface area contributed by atoms with Gasteiger partial charge in [-0.05, 0) is 74.9 Å². The van der Waals surface area contributed by atoms with Gasteiger partial charge < -0.3 is 19.9 Å². The lowest BCUT2D eigenvalue weighted by molar-refractivity contribution is -0.143. The Kier molecular flexibility index (Phi) is 8.18. The molecule has 174 valence electrons. The molecule has 1 aliphatic rings. The molecule has 0 bridgehead atoms. The van der Waals surface area contributed by atoms with Gasteiger partial charge in [-0.15, -0.1) is 0 Å². The SMILES string of the molecule is COc1ccc(C#N)cc1C(C)Oc1ccc(C(=O)NCC2CCC(C(=O)O)CC2)cc1Cl. The minimum Gasteiger partial charge on any atom is -0.496 e. The lowest BCUT2D eigenvalue weighted by Gasteiger charge is -2.26. The quantitative estimate of drug-likeness (QED) is 0.563. The third-order valence-electron chi connectivity index (χ3n) is 6.04. The van der Waals surface area contributed by atoms with Gasteiger partial charge in [-0.1, -0.05) is 11.6 Å². The number of nitrogens with zero attached hydrogens (tertiary/aromatic N) is 1. The van der Waals surface area contributed by atoms with Gasteiger partial charge in [-0.25, -0.2) is 0 Å². The van der Waals surface area contributed by atoms with Crippen LogP contribution in [0.25, 0.3) is 0 Å². The Morgan fingerprint density at radius 2 is 1.88 bits per heavy atom. The molecule has 1 saturated carbocycles. The van der Waals surface area contributed by atoms with Crippen molar-refractivity contribution in [3.05, 3.63) is 58.1 Å². The molecule has 0 saturated heterocycles. The van der Waals surface area contributed by atoms with Crippen LogP contribution < -0.4 is 14.8 Å². The van der Waals surface area contributed by atoms with Crippen molar-refractivity contribution in [2.45, 2.75) is 38.7 Å². The van der Waals surface area contributed by atoms with E-state index in [1.807, 2.05) is 6.92 Å². The average Bonchev–Trinajstić information content (AvgIpc) is 2.83. The van der Waals surface area contributed by atoms with E-state index in [1.54, 1.807) is 43.5 Å². The maximum Gasteiger partial charge on any atom is 0.306 e. The molecule has 0 heterocycles. The highest BCUT2D eigenvalue weighted by molar-refractivity contribution is 6.32. The first-order chi connectivity index (χ1) is 15.8. The molecule has 2 aromatic carbocycles. The van der Waals surface area contributed by atoms with Crippen LogP contribution in [0.3, 0.4) is 0 Å². The van der Waals surface area contributed by atoms with Crippen molar-refractivity contribution in [2.24, 2.45) is 11.8 Å². The zero-order valence-corrected chi connectivity index (χ0v) is 19.4. The Balaban J connectivity index is 1.60. The van der Waals surface area contributed by atoms with Crippen molar-refractivity contribution in [1.82, 2.24) is 5.32 Å². The Labute approximate surface area is 198 Å². The Morgan fingerprint density at radius 3 is 2.48 bits per heavy atom. The number of carboxylic acids is 1. The van der Waals surface area contributed by atoms with Crippen molar-refractivity contribution < 1.29 is 24.2 Å². The molecule has 1 unspecified atom stereocenters. The minimum absolute atomic E-state index is 0.236. The van der Waals surface area contributed by atoms with Crippen LogP contribution in [0.4, 0.5) is 0 Å². The fraction of sp³-hybridized carbons (Fsp3) is 0.400. The van der Waals surface area contributed by atoms with Gasteiger partial charge in [0, 0.05) is 17.7 Å². The number of nitrogens with one attached hydrogen (secondary N) is 1. The average molecular weight is 471 g/mol. The van der Waals surface area contributed by atoms with Crippen molar-refractivity contribution in [2.75, 3.05) is 13.7 Å². The lowest BCUT2D eigenvalue weighted by Crippen LogP contribution is -2.32. The molecule has 1 fully saturated rings. The zero-order chi connectivity index (χ0) is 24.0. The maximum absolute atomic E-state index is 12.6. The van der Waals surface area contributed by atoms with E-state index in [0.29, 0.717) is 52.6 Å². The number of methoxy groups -OCH3 is 1. The van der Waals surface area contributed by atoms with Crippen LogP contribution in [-0.4, -0.2) is 30.6 Å². The molecule has 3 rings (SSSR count). The largest absolute Gasteiger partial charge is 0.496 e. The summed E-state index contributed by atoms with van der Waals surface area (Å²) in [5, 5.41) is 21.5. The summed E-state index contributed by atoms with van der Waals surface area (Å²) < 4.78 is 11.4. The van der Waals surface area contributed by atoms with Gasteiger partial charge in [-0.3, -0.25) is 9.59 Å². The number of hydrogen-bond acceptors (Lipinski definition) is 5. The summed E-state index contributed by atoms with van der Waals surface area (Å²) in [4.78, 5) is 23.6. The van der Waals surface area contributed by atoms with Crippen LogP contribution in [0, 0.1) is 23.2 Å². The van der Waals surface area contributed by atoms with Gasteiger partial charge in [0.25, 0.3) is 5.91 Å². The van der Waals surface area contributed by atoms with Gasteiger partial charge in [0.05, 0.1) is 29.7 Å². The van der Waals surface area contributed by atoms with Gasteiger partial charge in [0.1, 0.15) is 17.6 Å². The predicted molar refractivity (Wildman–Crippen MR) is 124 cm³/mol. The number of halogens is 1. The topological polar surface area (TPSA) is 109 Å².